The quantitative estimate of drug-likeness (QED) is 0.431. The molecule has 0 rings (SSSR count). The molecule has 0 amide bonds. The number of carboxylic acid groups (broad SMARTS) is 1. The first kappa shape index (κ1) is 16.2. The first-order valence-electron chi connectivity index (χ1n) is 6.65. The zero-order valence-electron chi connectivity index (χ0n) is 11.3. The summed E-state index contributed by atoms with van der Waals surface area (Å²) in [4.78, 5) is 11.0. The van der Waals surface area contributed by atoms with Gasteiger partial charge < -0.3 is 10.4 Å². The van der Waals surface area contributed by atoms with E-state index in [0.717, 1.165) is 57.2 Å². The van der Waals surface area contributed by atoms with E-state index in [2.05, 4.69) is 18.8 Å². The van der Waals surface area contributed by atoms with Crippen molar-refractivity contribution in [2.45, 2.75) is 52.4 Å². The molecule has 0 fully saturated rings. The van der Waals surface area contributed by atoms with Crippen LogP contribution in [0.2, 0.25) is 0 Å². The summed E-state index contributed by atoms with van der Waals surface area (Å²) in [6, 6.07) is 0. The Bertz CT molecular complexity index is 226. The van der Waals surface area contributed by atoms with Crippen molar-refractivity contribution in [1.29, 1.82) is 0 Å². The lowest BCUT2D eigenvalue weighted by atomic mass is 9.96. The zero-order chi connectivity index (χ0) is 13.1. The van der Waals surface area contributed by atoms with E-state index >= 15 is 0 Å². The minimum absolute atomic E-state index is 0.143. The van der Waals surface area contributed by atoms with Gasteiger partial charge in [-0.05, 0) is 32.7 Å². The number of aliphatic carboxylic acids is 1. The number of carboxylic acids is 1. The van der Waals surface area contributed by atoms with Crippen molar-refractivity contribution in [2.75, 3.05) is 13.1 Å². The molecule has 0 aromatic heterocycles. The van der Waals surface area contributed by atoms with Crippen molar-refractivity contribution in [1.82, 2.24) is 5.32 Å². The van der Waals surface area contributed by atoms with E-state index < -0.39 is 5.97 Å². The first-order valence-corrected chi connectivity index (χ1v) is 6.65. The highest BCUT2D eigenvalue weighted by Gasteiger charge is 2.15. The largest absolute Gasteiger partial charge is 0.481 e. The van der Waals surface area contributed by atoms with Crippen molar-refractivity contribution < 1.29 is 9.90 Å². The Hall–Kier alpha value is -0.830. The maximum absolute atomic E-state index is 11.0. The third-order valence-corrected chi connectivity index (χ3v) is 2.84. The van der Waals surface area contributed by atoms with Gasteiger partial charge in [-0.3, -0.25) is 4.79 Å². The predicted octanol–water partition coefficient (Wildman–Crippen LogP) is 3.21. The van der Waals surface area contributed by atoms with Crippen molar-refractivity contribution in [3.8, 4) is 0 Å². The van der Waals surface area contributed by atoms with E-state index in [1.54, 1.807) is 0 Å². The Morgan fingerprint density at radius 1 is 1.29 bits per heavy atom. The molecule has 17 heavy (non-hydrogen) atoms. The minimum Gasteiger partial charge on any atom is -0.481 e. The molecule has 0 aliphatic heterocycles. The summed E-state index contributed by atoms with van der Waals surface area (Å²) < 4.78 is 0. The number of unbranched alkanes of at least 4 members (excludes halogenated alkanes) is 2. The van der Waals surface area contributed by atoms with Gasteiger partial charge in [0.25, 0.3) is 0 Å². The highest BCUT2D eigenvalue weighted by molar-refractivity contribution is 5.69. The van der Waals surface area contributed by atoms with Gasteiger partial charge in [-0.1, -0.05) is 38.3 Å². The molecule has 0 bridgehead atoms. The molecule has 0 saturated carbocycles. The van der Waals surface area contributed by atoms with E-state index in [4.69, 9.17) is 5.11 Å². The second-order valence-corrected chi connectivity index (χ2v) is 4.81. The molecular formula is C14H27NO2. The zero-order valence-corrected chi connectivity index (χ0v) is 11.3. The predicted molar refractivity (Wildman–Crippen MR) is 72.2 cm³/mol. The lowest BCUT2D eigenvalue weighted by molar-refractivity contribution is -0.142. The van der Waals surface area contributed by atoms with E-state index in [0.29, 0.717) is 0 Å². The van der Waals surface area contributed by atoms with Gasteiger partial charge in [0.2, 0.25) is 0 Å². The summed E-state index contributed by atoms with van der Waals surface area (Å²) in [5.74, 6) is -0.774. The normalized spacial score (nSPS) is 12.4. The molecule has 0 aromatic rings. The monoisotopic (exact) mass is 241 g/mol. The third-order valence-electron chi connectivity index (χ3n) is 2.84. The highest BCUT2D eigenvalue weighted by atomic mass is 16.4. The Morgan fingerprint density at radius 2 is 1.94 bits per heavy atom. The van der Waals surface area contributed by atoms with E-state index in [1.807, 2.05) is 6.92 Å². The highest BCUT2D eigenvalue weighted by Crippen LogP contribution is 2.16. The van der Waals surface area contributed by atoms with Gasteiger partial charge in [0, 0.05) is 6.54 Å². The summed E-state index contributed by atoms with van der Waals surface area (Å²) in [5, 5.41) is 12.3. The fourth-order valence-corrected chi connectivity index (χ4v) is 1.78. The maximum Gasteiger partial charge on any atom is 0.306 e. The van der Waals surface area contributed by atoms with Crippen LogP contribution in [0.25, 0.3) is 0 Å². The minimum atomic E-state index is -0.631. The Kier molecular flexibility index (Phi) is 9.83. The molecule has 0 aliphatic carbocycles. The van der Waals surface area contributed by atoms with Gasteiger partial charge in [-0.2, -0.15) is 0 Å². The smallest absolute Gasteiger partial charge is 0.306 e. The summed E-state index contributed by atoms with van der Waals surface area (Å²) >= 11 is 0. The van der Waals surface area contributed by atoms with Gasteiger partial charge >= 0.3 is 5.97 Å². The summed E-state index contributed by atoms with van der Waals surface area (Å²) in [5.41, 5.74) is 1.14. The van der Waals surface area contributed by atoms with Crippen molar-refractivity contribution >= 4 is 5.97 Å². The van der Waals surface area contributed by atoms with Crippen LogP contribution in [0.15, 0.2) is 12.2 Å². The van der Waals surface area contributed by atoms with Gasteiger partial charge in [0.1, 0.15) is 0 Å². The van der Waals surface area contributed by atoms with E-state index in [1.165, 1.54) is 0 Å². The van der Waals surface area contributed by atoms with Gasteiger partial charge in [-0.25, -0.2) is 0 Å². The fourth-order valence-electron chi connectivity index (χ4n) is 1.78. The second kappa shape index (κ2) is 10.3. The molecule has 0 aliphatic rings. The molecule has 1 unspecified atom stereocenters. The summed E-state index contributed by atoms with van der Waals surface area (Å²) in [6.07, 6.45) is 5.76. The lowest BCUT2D eigenvalue weighted by Gasteiger charge is -2.11. The molecule has 3 heteroatoms. The van der Waals surface area contributed by atoms with Crippen LogP contribution in [-0.4, -0.2) is 24.2 Å². The molecule has 3 nitrogen and oxygen atoms in total. The Balaban J connectivity index is 3.54. The summed E-state index contributed by atoms with van der Waals surface area (Å²) in [6.45, 7) is 9.72. The topological polar surface area (TPSA) is 49.3 Å². The number of carbonyl (C=O) groups is 1. The van der Waals surface area contributed by atoms with Crippen LogP contribution >= 0.6 is 0 Å². The summed E-state index contributed by atoms with van der Waals surface area (Å²) in [7, 11) is 0. The van der Waals surface area contributed by atoms with Crippen LogP contribution < -0.4 is 5.32 Å². The van der Waals surface area contributed by atoms with Crippen LogP contribution in [0.1, 0.15) is 52.4 Å². The molecular weight excluding hydrogens is 214 g/mol. The Morgan fingerprint density at radius 3 is 2.47 bits per heavy atom. The van der Waals surface area contributed by atoms with Crippen LogP contribution in [0.3, 0.4) is 0 Å². The number of hydrogen-bond acceptors (Lipinski definition) is 2. The van der Waals surface area contributed by atoms with Crippen LogP contribution in [0.4, 0.5) is 0 Å². The number of hydrogen-bond donors (Lipinski definition) is 2. The molecule has 0 heterocycles. The second-order valence-electron chi connectivity index (χ2n) is 4.81. The molecule has 0 saturated heterocycles. The molecule has 1 atom stereocenters. The first-order chi connectivity index (χ1) is 8.07. The SMILES string of the molecule is C=C(C)CNCCCCC(CCCC)C(=O)O. The van der Waals surface area contributed by atoms with Gasteiger partial charge in [0.05, 0.1) is 5.92 Å². The molecule has 2 N–H and O–H groups in total. The Labute approximate surface area is 105 Å². The third kappa shape index (κ3) is 10.1. The number of nitrogens with one attached hydrogen (secondary N) is 1. The molecule has 0 spiro atoms. The van der Waals surface area contributed by atoms with Crippen molar-refractivity contribution in [2.24, 2.45) is 5.92 Å². The average molecular weight is 241 g/mol. The fraction of sp³-hybridized carbons (Fsp3) is 0.786. The molecule has 100 valence electrons. The van der Waals surface area contributed by atoms with Gasteiger partial charge in [-0.15, -0.1) is 0 Å². The standard InChI is InChI=1S/C14H27NO2/c1-4-5-8-13(14(16)17)9-6-7-10-15-11-12(2)3/h13,15H,2,4-11H2,1,3H3,(H,16,17). The van der Waals surface area contributed by atoms with Crippen LogP contribution in [0, 0.1) is 5.92 Å². The van der Waals surface area contributed by atoms with Crippen molar-refractivity contribution in [3.63, 3.8) is 0 Å². The van der Waals surface area contributed by atoms with Crippen molar-refractivity contribution in [3.05, 3.63) is 12.2 Å². The van der Waals surface area contributed by atoms with E-state index in [9.17, 15) is 4.79 Å². The average Bonchev–Trinajstić information content (AvgIpc) is 2.26. The lowest BCUT2D eigenvalue weighted by Crippen LogP contribution is -2.18. The van der Waals surface area contributed by atoms with E-state index in [-0.39, 0.29) is 5.92 Å². The van der Waals surface area contributed by atoms with Crippen LogP contribution in [0.5, 0.6) is 0 Å². The van der Waals surface area contributed by atoms with Gasteiger partial charge in [0.15, 0.2) is 0 Å². The molecule has 0 aromatic carbocycles. The number of rotatable bonds is 11. The molecule has 0 radical (unpaired) electrons. The van der Waals surface area contributed by atoms with Crippen LogP contribution in [-0.2, 0) is 4.79 Å². The maximum atomic E-state index is 11.0.